The van der Waals surface area contributed by atoms with E-state index in [0.29, 0.717) is 30.1 Å². The van der Waals surface area contributed by atoms with E-state index in [4.69, 9.17) is 14.2 Å². The minimum atomic E-state index is -0.205. The fourth-order valence-corrected chi connectivity index (χ4v) is 2.46. The Bertz CT molecular complexity index is 666. The zero-order valence-corrected chi connectivity index (χ0v) is 14.4. The summed E-state index contributed by atoms with van der Waals surface area (Å²) in [5, 5.41) is 0. The van der Waals surface area contributed by atoms with Crippen LogP contribution in [0.1, 0.15) is 12.0 Å². The highest BCUT2D eigenvalue weighted by atomic mass is 16.5. The summed E-state index contributed by atoms with van der Waals surface area (Å²) in [6.45, 7) is 0. The molecule has 0 N–H and O–H groups in total. The molecule has 2 rings (SSSR count). The van der Waals surface area contributed by atoms with E-state index in [-0.39, 0.29) is 5.97 Å². The third kappa shape index (κ3) is 3.98. The highest BCUT2D eigenvalue weighted by Crippen LogP contribution is 2.41. The lowest BCUT2D eigenvalue weighted by Gasteiger charge is -2.14. The topological polar surface area (TPSA) is 54.0 Å². The largest absolute Gasteiger partial charge is 0.493 e. The number of esters is 1. The zero-order valence-electron chi connectivity index (χ0n) is 14.4. The molecule has 0 unspecified atom stereocenters. The lowest BCUT2D eigenvalue weighted by molar-refractivity contribution is -0.140. The Morgan fingerprint density at radius 2 is 1.42 bits per heavy atom. The number of aryl methyl sites for hydroxylation is 1. The minimum absolute atomic E-state index is 0.205. The Kier molecular flexibility index (Phi) is 6.07. The molecule has 2 aromatic rings. The van der Waals surface area contributed by atoms with Gasteiger partial charge in [-0.2, -0.15) is 0 Å². The van der Waals surface area contributed by atoms with Crippen LogP contribution < -0.4 is 14.2 Å². The molecule has 0 aliphatic heterocycles. The van der Waals surface area contributed by atoms with Crippen molar-refractivity contribution in [2.45, 2.75) is 12.8 Å². The summed E-state index contributed by atoms with van der Waals surface area (Å²) in [6, 6.07) is 11.8. The molecule has 0 atom stereocenters. The van der Waals surface area contributed by atoms with E-state index < -0.39 is 0 Å². The molecule has 0 aromatic heterocycles. The average Bonchev–Trinajstić information content (AvgIpc) is 2.65. The van der Waals surface area contributed by atoms with Gasteiger partial charge in [-0.25, -0.2) is 0 Å². The summed E-state index contributed by atoms with van der Waals surface area (Å²) < 4.78 is 20.8. The quantitative estimate of drug-likeness (QED) is 0.728. The van der Waals surface area contributed by atoms with Gasteiger partial charge in [0.1, 0.15) is 0 Å². The Balaban J connectivity index is 2.26. The molecule has 2 aromatic carbocycles. The number of benzene rings is 2. The van der Waals surface area contributed by atoms with Crippen molar-refractivity contribution in [3.8, 4) is 28.4 Å². The zero-order chi connectivity index (χ0) is 17.5. The molecule has 0 saturated heterocycles. The predicted octanol–water partition coefficient (Wildman–Crippen LogP) is 3.49. The van der Waals surface area contributed by atoms with Crippen LogP contribution in [0.15, 0.2) is 36.4 Å². The summed E-state index contributed by atoms with van der Waals surface area (Å²) in [5.41, 5.74) is 3.07. The first-order valence-electron chi connectivity index (χ1n) is 7.59. The molecule has 0 bridgehead atoms. The van der Waals surface area contributed by atoms with E-state index in [1.807, 2.05) is 36.4 Å². The van der Waals surface area contributed by atoms with Gasteiger partial charge < -0.3 is 18.9 Å². The van der Waals surface area contributed by atoms with Crippen molar-refractivity contribution in [1.82, 2.24) is 0 Å². The monoisotopic (exact) mass is 330 g/mol. The minimum Gasteiger partial charge on any atom is -0.493 e. The molecule has 0 amide bonds. The summed E-state index contributed by atoms with van der Waals surface area (Å²) in [7, 11) is 6.17. The van der Waals surface area contributed by atoms with Crippen LogP contribution in [0.2, 0.25) is 0 Å². The highest BCUT2D eigenvalue weighted by molar-refractivity contribution is 5.72. The van der Waals surface area contributed by atoms with Crippen molar-refractivity contribution in [2.75, 3.05) is 28.4 Å². The molecular weight excluding hydrogens is 308 g/mol. The fourth-order valence-electron chi connectivity index (χ4n) is 2.46. The van der Waals surface area contributed by atoms with Crippen LogP contribution in [0.25, 0.3) is 11.1 Å². The van der Waals surface area contributed by atoms with Gasteiger partial charge in [0.15, 0.2) is 11.5 Å². The number of ether oxygens (including phenoxy) is 4. The molecule has 0 spiro atoms. The average molecular weight is 330 g/mol. The van der Waals surface area contributed by atoms with E-state index in [9.17, 15) is 4.79 Å². The van der Waals surface area contributed by atoms with Crippen molar-refractivity contribution in [1.29, 1.82) is 0 Å². The highest BCUT2D eigenvalue weighted by Gasteiger charge is 2.14. The number of methoxy groups -OCH3 is 4. The number of carbonyl (C=O) groups is 1. The summed E-state index contributed by atoms with van der Waals surface area (Å²) >= 11 is 0. The van der Waals surface area contributed by atoms with Gasteiger partial charge in [-0.05, 0) is 35.2 Å². The Labute approximate surface area is 142 Å². The van der Waals surface area contributed by atoms with Gasteiger partial charge in [0.05, 0.1) is 28.4 Å². The first-order chi connectivity index (χ1) is 11.6. The molecule has 5 nitrogen and oxygen atoms in total. The second-order valence-corrected chi connectivity index (χ2v) is 5.19. The van der Waals surface area contributed by atoms with Gasteiger partial charge in [0.25, 0.3) is 0 Å². The van der Waals surface area contributed by atoms with Gasteiger partial charge in [-0.1, -0.05) is 24.3 Å². The Morgan fingerprint density at radius 1 is 0.833 bits per heavy atom. The van der Waals surface area contributed by atoms with Gasteiger partial charge in [-0.3, -0.25) is 4.79 Å². The van der Waals surface area contributed by atoms with Crippen molar-refractivity contribution in [3.05, 3.63) is 42.0 Å². The molecule has 0 radical (unpaired) electrons. The first kappa shape index (κ1) is 17.7. The van der Waals surface area contributed by atoms with Crippen LogP contribution in [-0.2, 0) is 16.0 Å². The summed E-state index contributed by atoms with van der Waals surface area (Å²) in [6.07, 6.45) is 1.03. The van der Waals surface area contributed by atoms with E-state index in [1.165, 1.54) is 7.11 Å². The van der Waals surface area contributed by atoms with E-state index in [0.717, 1.165) is 16.7 Å². The van der Waals surface area contributed by atoms with Gasteiger partial charge in [0.2, 0.25) is 5.75 Å². The molecule has 0 heterocycles. The second-order valence-electron chi connectivity index (χ2n) is 5.19. The van der Waals surface area contributed by atoms with Crippen LogP contribution >= 0.6 is 0 Å². The number of hydrogen-bond donors (Lipinski definition) is 0. The van der Waals surface area contributed by atoms with Crippen molar-refractivity contribution in [2.24, 2.45) is 0 Å². The van der Waals surface area contributed by atoms with E-state index in [1.54, 1.807) is 21.3 Å². The molecule has 5 heteroatoms. The van der Waals surface area contributed by atoms with Gasteiger partial charge >= 0.3 is 5.97 Å². The van der Waals surface area contributed by atoms with Crippen LogP contribution in [0.3, 0.4) is 0 Å². The molecule has 0 aliphatic rings. The van der Waals surface area contributed by atoms with Crippen LogP contribution in [0.5, 0.6) is 17.2 Å². The molecule has 128 valence electrons. The third-order valence-electron chi connectivity index (χ3n) is 3.80. The van der Waals surface area contributed by atoms with Crippen LogP contribution in [0.4, 0.5) is 0 Å². The van der Waals surface area contributed by atoms with Gasteiger partial charge in [-0.15, -0.1) is 0 Å². The lowest BCUT2D eigenvalue weighted by Crippen LogP contribution is -2.01. The smallest absolute Gasteiger partial charge is 0.305 e. The molecule has 0 aliphatic carbocycles. The van der Waals surface area contributed by atoms with Crippen LogP contribution in [-0.4, -0.2) is 34.4 Å². The third-order valence-corrected chi connectivity index (χ3v) is 3.80. The van der Waals surface area contributed by atoms with E-state index in [2.05, 4.69) is 4.74 Å². The maximum atomic E-state index is 11.2. The Hall–Kier alpha value is -2.69. The number of rotatable bonds is 7. The SMILES string of the molecule is COC(=O)CCc1ccc(-c2cc(OC)c(OC)c(OC)c2)cc1. The molecule has 24 heavy (non-hydrogen) atoms. The van der Waals surface area contributed by atoms with E-state index >= 15 is 0 Å². The van der Waals surface area contributed by atoms with Crippen LogP contribution in [0, 0.1) is 0 Å². The maximum Gasteiger partial charge on any atom is 0.305 e. The predicted molar refractivity (Wildman–Crippen MR) is 91.9 cm³/mol. The second kappa shape index (κ2) is 8.24. The first-order valence-corrected chi connectivity index (χ1v) is 7.59. The molecule has 0 saturated carbocycles. The van der Waals surface area contributed by atoms with Crippen molar-refractivity contribution < 1.29 is 23.7 Å². The Morgan fingerprint density at radius 3 is 1.88 bits per heavy atom. The summed E-state index contributed by atoms with van der Waals surface area (Å²) in [4.78, 5) is 11.2. The maximum absolute atomic E-state index is 11.2. The molecule has 0 fully saturated rings. The van der Waals surface area contributed by atoms with Crippen molar-refractivity contribution in [3.63, 3.8) is 0 Å². The normalized spacial score (nSPS) is 10.2. The summed E-state index contributed by atoms with van der Waals surface area (Å²) in [5.74, 6) is 1.59. The lowest BCUT2D eigenvalue weighted by atomic mass is 10.0. The van der Waals surface area contributed by atoms with Crippen molar-refractivity contribution >= 4 is 5.97 Å². The molecular formula is C19H22O5. The number of carbonyl (C=O) groups excluding carboxylic acids is 1. The fraction of sp³-hybridized carbons (Fsp3) is 0.316. The van der Waals surface area contributed by atoms with Gasteiger partial charge in [0, 0.05) is 6.42 Å². The standard InChI is InChI=1S/C19H22O5/c1-21-16-11-15(12-17(22-2)19(16)24-4)14-8-5-13(6-9-14)7-10-18(20)23-3/h5-6,8-9,11-12H,7,10H2,1-4H3. The number of hydrogen-bond acceptors (Lipinski definition) is 5.